The molecule has 6 nitrogen and oxygen atoms in total. The largest absolute Gasteiger partial charge is 0.508 e. The van der Waals surface area contributed by atoms with E-state index in [1.165, 1.54) is 12.1 Å². The summed E-state index contributed by atoms with van der Waals surface area (Å²) in [5, 5.41) is 22.6. The third kappa shape index (κ3) is 3.14. The van der Waals surface area contributed by atoms with Crippen molar-refractivity contribution in [1.82, 2.24) is 0 Å². The van der Waals surface area contributed by atoms with E-state index < -0.39 is 22.2 Å². The fourth-order valence-electron chi connectivity index (χ4n) is 1.69. The number of nitrogens with zero attached hydrogens (tertiary/aromatic N) is 1. The number of nitrogens with one attached hydrogen (secondary N) is 1. The molecule has 2 N–H and O–H groups in total. The van der Waals surface area contributed by atoms with Crippen LogP contribution in [0.15, 0.2) is 36.4 Å². The van der Waals surface area contributed by atoms with E-state index in [-0.39, 0.29) is 17.1 Å². The second-order valence-corrected chi connectivity index (χ2v) is 4.38. The topological polar surface area (TPSA) is 92.5 Å². The molecule has 0 saturated carbocycles. The minimum Gasteiger partial charge on any atom is -0.508 e. The smallest absolute Gasteiger partial charge is 0.270 e. The standard InChI is InChI=1S/C14H11FN2O4/c1-8-2-3-9(6-13(8)18)16-14(19)11-7-10(17(20)21)4-5-12(11)15/h2-7,18H,1H3,(H,16,19). The first-order valence-electron chi connectivity index (χ1n) is 5.93. The van der Waals surface area contributed by atoms with Gasteiger partial charge in [0.15, 0.2) is 0 Å². The molecule has 0 unspecified atom stereocenters. The van der Waals surface area contributed by atoms with E-state index in [4.69, 9.17) is 0 Å². The highest BCUT2D eigenvalue weighted by Gasteiger charge is 2.17. The second-order valence-electron chi connectivity index (χ2n) is 4.38. The first-order chi connectivity index (χ1) is 9.88. The summed E-state index contributed by atoms with van der Waals surface area (Å²) in [7, 11) is 0. The van der Waals surface area contributed by atoms with Gasteiger partial charge in [0.05, 0.1) is 10.5 Å². The number of hydrogen-bond acceptors (Lipinski definition) is 4. The van der Waals surface area contributed by atoms with Gasteiger partial charge in [0.1, 0.15) is 11.6 Å². The first kappa shape index (κ1) is 14.4. The lowest BCUT2D eigenvalue weighted by atomic mass is 10.1. The zero-order valence-electron chi connectivity index (χ0n) is 11.0. The molecule has 21 heavy (non-hydrogen) atoms. The number of carbonyl (C=O) groups is 1. The second kappa shape index (κ2) is 5.58. The molecule has 0 heterocycles. The predicted octanol–water partition coefficient (Wildman–Crippen LogP) is 3.00. The maximum atomic E-state index is 13.6. The summed E-state index contributed by atoms with van der Waals surface area (Å²) in [6.45, 7) is 1.68. The molecule has 0 radical (unpaired) electrons. The molecule has 0 aliphatic heterocycles. The van der Waals surface area contributed by atoms with Crippen molar-refractivity contribution in [1.29, 1.82) is 0 Å². The Kier molecular flexibility index (Phi) is 3.84. The molecule has 0 aromatic heterocycles. The molecule has 1 amide bonds. The van der Waals surface area contributed by atoms with E-state index in [0.29, 0.717) is 5.56 Å². The van der Waals surface area contributed by atoms with Gasteiger partial charge < -0.3 is 10.4 Å². The van der Waals surface area contributed by atoms with Crippen LogP contribution in [0.25, 0.3) is 0 Å². The van der Waals surface area contributed by atoms with Crippen molar-refractivity contribution in [3.05, 3.63) is 63.5 Å². The number of benzene rings is 2. The Labute approximate surface area is 119 Å². The van der Waals surface area contributed by atoms with E-state index in [9.17, 15) is 24.4 Å². The number of non-ortho nitro benzene ring substituents is 1. The van der Waals surface area contributed by atoms with Crippen molar-refractivity contribution in [3.8, 4) is 5.75 Å². The highest BCUT2D eigenvalue weighted by molar-refractivity contribution is 6.04. The fourth-order valence-corrected chi connectivity index (χ4v) is 1.69. The fraction of sp³-hybridized carbons (Fsp3) is 0.0714. The maximum absolute atomic E-state index is 13.6. The van der Waals surface area contributed by atoms with Crippen molar-refractivity contribution < 1.29 is 19.2 Å². The lowest BCUT2D eigenvalue weighted by Crippen LogP contribution is -2.14. The summed E-state index contributed by atoms with van der Waals surface area (Å²) in [4.78, 5) is 21.9. The Balaban J connectivity index is 2.29. The SMILES string of the molecule is Cc1ccc(NC(=O)c2cc([N+](=O)[O-])ccc2F)cc1O. The number of anilines is 1. The van der Waals surface area contributed by atoms with Gasteiger partial charge in [0.25, 0.3) is 11.6 Å². The third-order valence-electron chi connectivity index (χ3n) is 2.87. The Morgan fingerprint density at radius 3 is 2.62 bits per heavy atom. The first-order valence-corrected chi connectivity index (χ1v) is 5.93. The monoisotopic (exact) mass is 290 g/mol. The molecular weight excluding hydrogens is 279 g/mol. The highest BCUT2D eigenvalue weighted by atomic mass is 19.1. The summed E-state index contributed by atoms with van der Waals surface area (Å²) in [5.41, 5.74) is 0.0566. The average Bonchev–Trinajstić information content (AvgIpc) is 2.43. The van der Waals surface area contributed by atoms with Crippen LogP contribution in [0.2, 0.25) is 0 Å². The number of carbonyl (C=O) groups excluding carboxylic acids is 1. The molecule has 7 heteroatoms. The molecule has 2 aromatic rings. The van der Waals surface area contributed by atoms with Gasteiger partial charge in [-0.05, 0) is 24.6 Å². The number of hydrogen-bond donors (Lipinski definition) is 2. The van der Waals surface area contributed by atoms with E-state index in [1.807, 2.05) is 0 Å². The molecular formula is C14H11FN2O4. The molecule has 2 rings (SSSR count). The normalized spacial score (nSPS) is 10.2. The van der Waals surface area contributed by atoms with Crippen molar-refractivity contribution in [2.75, 3.05) is 5.32 Å². The molecule has 108 valence electrons. The minimum atomic E-state index is -0.866. The molecule has 0 bridgehead atoms. The van der Waals surface area contributed by atoms with Gasteiger partial charge in [-0.15, -0.1) is 0 Å². The van der Waals surface area contributed by atoms with Gasteiger partial charge in [0.2, 0.25) is 0 Å². The number of aromatic hydroxyl groups is 1. The predicted molar refractivity (Wildman–Crippen MR) is 73.9 cm³/mol. The van der Waals surface area contributed by atoms with Crippen LogP contribution in [0, 0.1) is 22.9 Å². The van der Waals surface area contributed by atoms with Crippen LogP contribution < -0.4 is 5.32 Å². The van der Waals surface area contributed by atoms with Crippen molar-refractivity contribution >= 4 is 17.3 Å². The van der Waals surface area contributed by atoms with Crippen molar-refractivity contribution in [2.45, 2.75) is 6.92 Å². The molecule has 0 aliphatic carbocycles. The molecule has 0 spiro atoms. The van der Waals surface area contributed by atoms with Gasteiger partial charge in [-0.3, -0.25) is 14.9 Å². The minimum absolute atomic E-state index is 0.0210. The van der Waals surface area contributed by atoms with Gasteiger partial charge in [-0.2, -0.15) is 0 Å². The summed E-state index contributed by atoms with van der Waals surface area (Å²) in [6, 6.07) is 7.11. The molecule has 0 fully saturated rings. The summed E-state index contributed by atoms with van der Waals surface area (Å²) in [6.07, 6.45) is 0. The van der Waals surface area contributed by atoms with Crippen molar-refractivity contribution in [3.63, 3.8) is 0 Å². The number of halogens is 1. The number of phenols is 1. The Bertz CT molecular complexity index is 731. The zero-order chi connectivity index (χ0) is 15.6. The number of amides is 1. The lowest BCUT2D eigenvalue weighted by molar-refractivity contribution is -0.384. The van der Waals surface area contributed by atoms with Crippen LogP contribution in [0.1, 0.15) is 15.9 Å². The molecule has 0 aliphatic rings. The van der Waals surface area contributed by atoms with E-state index >= 15 is 0 Å². The summed E-state index contributed by atoms with van der Waals surface area (Å²) < 4.78 is 13.6. The zero-order valence-corrected chi connectivity index (χ0v) is 11.0. The van der Waals surface area contributed by atoms with Crippen LogP contribution in [0.3, 0.4) is 0 Å². The van der Waals surface area contributed by atoms with Gasteiger partial charge in [0, 0.05) is 23.9 Å². The summed E-state index contributed by atoms with van der Waals surface area (Å²) >= 11 is 0. The number of rotatable bonds is 3. The molecule has 0 saturated heterocycles. The third-order valence-corrected chi connectivity index (χ3v) is 2.87. The number of nitro benzene ring substituents is 1. The van der Waals surface area contributed by atoms with Crippen LogP contribution in [0.4, 0.5) is 15.8 Å². The van der Waals surface area contributed by atoms with E-state index in [0.717, 1.165) is 18.2 Å². The maximum Gasteiger partial charge on any atom is 0.270 e. The van der Waals surface area contributed by atoms with Crippen LogP contribution in [-0.4, -0.2) is 15.9 Å². The number of nitro groups is 1. The van der Waals surface area contributed by atoms with Gasteiger partial charge in [-0.1, -0.05) is 6.07 Å². The lowest BCUT2D eigenvalue weighted by Gasteiger charge is -2.07. The van der Waals surface area contributed by atoms with Crippen molar-refractivity contribution in [2.24, 2.45) is 0 Å². The summed E-state index contributed by atoms with van der Waals surface area (Å²) in [5.74, 6) is -1.72. The van der Waals surface area contributed by atoms with Crippen LogP contribution in [-0.2, 0) is 0 Å². The van der Waals surface area contributed by atoms with E-state index in [1.54, 1.807) is 13.0 Å². The van der Waals surface area contributed by atoms with Gasteiger partial charge in [-0.25, -0.2) is 4.39 Å². The van der Waals surface area contributed by atoms with Gasteiger partial charge >= 0.3 is 0 Å². The Morgan fingerprint density at radius 1 is 1.29 bits per heavy atom. The Morgan fingerprint density at radius 2 is 2.00 bits per heavy atom. The Hall–Kier alpha value is -2.96. The highest BCUT2D eigenvalue weighted by Crippen LogP contribution is 2.22. The molecule has 0 atom stereocenters. The van der Waals surface area contributed by atoms with E-state index in [2.05, 4.69) is 5.32 Å². The van der Waals surface area contributed by atoms with Crippen LogP contribution >= 0.6 is 0 Å². The quantitative estimate of drug-likeness (QED) is 0.671. The number of aryl methyl sites for hydroxylation is 1. The number of phenolic OH excluding ortho intramolecular Hbond substituents is 1. The van der Waals surface area contributed by atoms with Crippen LogP contribution in [0.5, 0.6) is 5.75 Å². The average molecular weight is 290 g/mol. The molecule has 2 aromatic carbocycles.